The molecule has 0 saturated carbocycles. The minimum absolute atomic E-state index is 0.00136. The molecule has 134 valence electrons. The van der Waals surface area contributed by atoms with Gasteiger partial charge in [0.1, 0.15) is 11.9 Å². The highest BCUT2D eigenvalue weighted by molar-refractivity contribution is 5.79. The fraction of sp³-hybridized carbons (Fsp3) is 0.500. The molecule has 3 rings (SSSR count). The number of aromatic nitrogens is 2. The van der Waals surface area contributed by atoms with Crippen LogP contribution >= 0.6 is 0 Å². The lowest BCUT2D eigenvalue weighted by Gasteiger charge is -2.36. The van der Waals surface area contributed by atoms with Gasteiger partial charge in [-0.05, 0) is 23.5 Å². The van der Waals surface area contributed by atoms with Gasteiger partial charge in [0.05, 0.1) is 6.42 Å². The van der Waals surface area contributed by atoms with E-state index in [4.69, 9.17) is 0 Å². The van der Waals surface area contributed by atoms with E-state index in [0.717, 1.165) is 37.4 Å². The van der Waals surface area contributed by atoms with Gasteiger partial charge in [0.15, 0.2) is 0 Å². The van der Waals surface area contributed by atoms with Gasteiger partial charge in [0.25, 0.3) is 0 Å². The van der Waals surface area contributed by atoms with Crippen LogP contribution < -0.4 is 5.32 Å². The topological polar surface area (TPSA) is 50.2 Å². The Morgan fingerprint density at radius 3 is 2.64 bits per heavy atom. The average Bonchev–Trinajstić information content (AvgIpc) is 3.02. The molecule has 1 atom stereocenters. The zero-order chi connectivity index (χ0) is 17.8. The molecule has 2 aromatic rings. The van der Waals surface area contributed by atoms with Gasteiger partial charge in [-0.2, -0.15) is 0 Å². The molecule has 1 fully saturated rings. The Balaban J connectivity index is 1.69. The number of imidazole rings is 1. The number of benzene rings is 1. The van der Waals surface area contributed by atoms with Crippen molar-refractivity contribution < 1.29 is 4.79 Å². The largest absolute Gasteiger partial charge is 0.336 e. The van der Waals surface area contributed by atoms with Crippen LogP contribution in [0, 0.1) is 5.92 Å². The van der Waals surface area contributed by atoms with E-state index in [1.165, 1.54) is 5.56 Å². The first-order valence-corrected chi connectivity index (χ1v) is 9.10. The number of hydrogen-bond donors (Lipinski definition) is 1. The van der Waals surface area contributed by atoms with Crippen molar-refractivity contribution in [2.45, 2.75) is 32.7 Å². The summed E-state index contributed by atoms with van der Waals surface area (Å²) in [7, 11) is 1.98. The molecule has 5 heteroatoms. The van der Waals surface area contributed by atoms with Gasteiger partial charge in [0, 0.05) is 39.1 Å². The van der Waals surface area contributed by atoms with Gasteiger partial charge in [-0.15, -0.1) is 0 Å². The first-order valence-electron chi connectivity index (χ1n) is 9.10. The number of aryl methyl sites for hydroxylation is 1. The molecule has 5 nitrogen and oxygen atoms in total. The van der Waals surface area contributed by atoms with Crippen molar-refractivity contribution in [3.63, 3.8) is 0 Å². The highest BCUT2D eigenvalue weighted by Gasteiger charge is 2.30. The van der Waals surface area contributed by atoms with E-state index >= 15 is 0 Å². The second-order valence-corrected chi connectivity index (χ2v) is 7.29. The Morgan fingerprint density at radius 2 is 2.00 bits per heavy atom. The van der Waals surface area contributed by atoms with E-state index in [0.29, 0.717) is 12.3 Å². The molecule has 25 heavy (non-hydrogen) atoms. The average molecular weight is 340 g/mol. The molecule has 1 amide bonds. The molecule has 0 spiro atoms. The van der Waals surface area contributed by atoms with Crippen molar-refractivity contribution in [2.24, 2.45) is 13.0 Å². The van der Waals surface area contributed by atoms with Gasteiger partial charge >= 0.3 is 0 Å². The zero-order valence-electron chi connectivity index (χ0n) is 15.4. The highest BCUT2D eigenvalue weighted by Crippen LogP contribution is 2.21. The third kappa shape index (κ3) is 4.28. The summed E-state index contributed by atoms with van der Waals surface area (Å²) in [5, 5.41) is 3.38. The Labute approximate surface area is 150 Å². The minimum Gasteiger partial charge on any atom is -0.336 e. The maximum absolute atomic E-state index is 12.9. The van der Waals surface area contributed by atoms with Crippen LogP contribution in [-0.4, -0.2) is 40.0 Å². The standard InChI is InChI=1S/C20H28N4O/c1-15(2)12-16-4-6-17(7-5-16)13-19(25)24-11-8-21-14-18(24)20-22-9-10-23(20)3/h4-7,9-10,15,18,21H,8,11-14H2,1-3H3. The number of carbonyl (C=O) groups is 1. The molecular formula is C20H28N4O. The maximum Gasteiger partial charge on any atom is 0.227 e. The van der Waals surface area contributed by atoms with E-state index in [2.05, 4.69) is 48.4 Å². The molecule has 1 saturated heterocycles. The number of amides is 1. The summed E-state index contributed by atoms with van der Waals surface area (Å²) in [6.07, 6.45) is 5.25. The maximum atomic E-state index is 12.9. The summed E-state index contributed by atoms with van der Waals surface area (Å²) in [6, 6.07) is 8.48. The summed E-state index contributed by atoms with van der Waals surface area (Å²) < 4.78 is 2.00. The lowest BCUT2D eigenvalue weighted by atomic mass is 10.0. The monoisotopic (exact) mass is 340 g/mol. The molecule has 1 aromatic carbocycles. The minimum atomic E-state index is 0.00136. The number of hydrogen-bond acceptors (Lipinski definition) is 3. The molecular weight excluding hydrogens is 312 g/mol. The fourth-order valence-electron chi connectivity index (χ4n) is 3.47. The van der Waals surface area contributed by atoms with E-state index in [9.17, 15) is 4.79 Å². The van der Waals surface area contributed by atoms with Crippen molar-refractivity contribution in [3.8, 4) is 0 Å². The molecule has 1 aliphatic heterocycles. The van der Waals surface area contributed by atoms with Gasteiger partial charge < -0.3 is 14.8 Å². The third-order valence-corrected chi connectivity index (χ3v) is 4.74. The van der Waals surface area contributed by atoms with Crippen LogP contribution in [0.25, 0.3) is 0 Å². The first kappa shape index (κ1) is 17.7. The van der Waals surface area contributed by atoms with Crippen LogP contribution in [-0.2, 0) is 24.7 Å². The molecule has 1 aromatic heterocycles. The van der Waals surface area contributed by atoms with E-state index < -0.39 is 0 Å². The number of nitrogens with one attached hydrogen (secondary N) is 1. The summed E-state index contributed by atoms with van der Waals surface area (Å²) in [4.78, 5) is 19.3. The summed E-state index contributed by atoms with van der Waals surface area (Å²) in [6.45, 7) is 6.75. The van der Waals surface area contributed by atoms with Crippen LogP contribution in [0.3, 0.4) is 0 Å². The normalized spacial score (nSPS) is 17.9. The van der Waals surface area contributed by atoms with E-state index in [-0.39, 0.29) is 11.9 Å². The molecule has 1 N–H and O–H groups in total. The third-order valence-electron chi connectivity index (χ3n) is 4.74. The number of nitrogens with zero attached hydrogens (tertiary/aromatic N) is 3. The van der Waals surface area contributed by atoms with Crippen LogP contribution in [0.15, 0.2) is 36.7 Å². The van der Waals surface area contributed by atoms with Crippen LogP contribution in [0.4, 0.5) is 0 Å². The second-order valence-electron chi connectivity index (χ2n) is 7.29. The lowest BCUT2D eigenvalue weighted by molar-refractivity contribution is -0.134. The quantitative estimate of drug-likeness (QED) is 0.909. The van der Waals surface area contributed by atoms with Crippen molar-refractivity contribution in [1.29, 1.82) is 0 Å². The molecule has 1 aliphatic rings. The first-order chi connectivity index (χ1) is 12.0. The summed E-state index contributed by atoms with van der Waals surface area (Å²) >= 11 is 0. The smallest absolute Gasteiger partial charge is 0.227 e. The van der Waals surface area contributed by atoms with E-state index in [1.807, 2.05) is 22.7 Å². The van der Waals surface area contributed by atoms with Gasteiger partial charge in [-0.25, -0.2) is 4.98 Å². The predicted molar refractivity (Wildman–Crippen MR) is 99.2 cm³/mol. The molecule has 1 unspecified atom stereocenters. The van der Waals surface area contributed by atoms with Gasteiger partial charge in [-0.3, -0.25) is 4.79 Å². The molecule has 0 bridgehead atoms. The lowest BCUT2D eigenvalue weighted by Crippen LogP contribution is -2.49. The van der Waals surface area contributed by atoms with Crippen molar-refractivity contribution in [1.82, 2.24) is 19.8 Å². The highest BCUT2D eigenvalue weighted by atomic mass is 16.2. The SMILES string of the molecule is CC(C)Cc1ccc(CC(=O)N2CCNCC2c2nccn2C)cc1. The molecule has 2 heterocycles. The Hall–Kier alpha value is -2.14. The van der Waals surface area contributed by atoms with E-state index in [1.54, 1.807) is 6.20 Å². The van der Waals surface area contributed by atoms with Gasteiger partial charge in [0.2, 0.25) is 5.91 Å². The van der Waals surface area contributed by atoms with Crippen molar-refractivity contribution in [2.75, 3.05) is 19.6 Å². The molecule has 0 aliphatic carbocycles. The Bertz CT molecular complexity index is 705. The van der Waals surface area contributed by atoms with Crippen LogP contribution in [0.2, 0.25) is 0 Å². The van der Waals surface area contributed by atoms with Crippen molar-refractivity contribution >= 4 is 5.91 Å². The zero-order valence-corrected chi connectivity index (χ0v) is 15.4. The summed E-state index contributed by atoms with van der Waals surface area (Å²) in [5.41, 5.74) is 2.41. The van der Waals surface area contributed by atoms with Crippen LogP contribution in [0.5, 0.6) is 0 Å². The van der Waals surface area contributed by atoms with Gasteiger partial charge in [-0.1, -0.05) is 38.1 Å². The fourth-order valence-corrected chi connectivity index (χ4v) is 3.47. The van der Waals surface area contributed by atoms with Crippen molar-refractivity contribution in [3.05, 3.63) is 53.6 Å². The Kier molecular flexibility index (Phi) is 5.53. The molecule has 0 radical (unpaired) electrons. The Morgan fingerprint density at radius 1 is 1.28 bits per heavy atom. The predicted octanol–water partition coefficient (Wildman–Crippen LogP) is 2.33. The number of piperazine rings is 1. The number of carbonyl (C=O) groups excluding carboxylic acids is 1. The second kappa shape index (κ2) is 7.83. The summed E-state index contributed by atoms with van der Waals surface area (Å²) in [5.74, 6) is 1.76. The van der Waals surface area contributed by atoms with Crippen LogP contribution in [0.1, 0.15) is 36.8 Å². The number of rotatable bonds is 5.